The molecule has 11 heteroatoms. The number of hydrogen-bond acceptors (Lipinski definition) is 5. The number of aromatic nitrogens is 4. The molecule has 0 aliphatic rings. The summed E-state index contributed by atoms with van der Waals surface area (Å²) in [4.78, 5) is 24.7. The van der Waals surface area contributed by atoms with Crippen LogP contribution >= 0.6 is 0 Å². The molecule has 166 valence electrons. The van der Waals surface area contributed by atoms with Crippen molar-refractivity contribution in [1.82, 2.24) is 20.4 Å². The Morgan fingerprint density at radius 1 is 0.781 bits per heavy atom. The van der Waals surface area contributed by atoms with E-state index in [0.29, 0.717) is 28.1 Å². The van der Waals surface area contributed by atoms with Gasteiger partial charge in [-0.25, -0.2) is 4.39 Å². The topological polar surface area (TPSA) is 141 Å². The molecule has 4 aromatic rings. The van der Waals surface area contributed by atoms with Gasteiger partial charge in [-0.1, -0.05) is 12.1 Å². The van der Waals surface area contributed by atoms with Crippen molar-refractivity contribution < 1.29 is 17.0 Å². The van der Waals surface area contributed by atoms with Crippen LogP contribution in [0.25, 0.3) is 0 Å². The molecule has 0 aliphatic carbocycles. The zero-order chi connectivity index (χ0) is 23.0. The first-order chi connectivity index (χ1) is 15.2. The van der Waals surface area contributed by atoms with Gasteiger partial charge in [0, 0.05) is 17.3 Å². The highest BCUT2D eigenvalue weighted by atomic mass is 32.2. The Hall–Kier alpha value is -3.86. The van der Waals surface area contributed by atoms with Gasteiger partial charge in [-0.05, 0) is 55.8 Å². The summed E-state index contributed by atoms with van der Waals surface area (Å²) in [5.74, 6) is -1.25. The van der Waals surface area contributed by atoms with E-state index in [9.17, 15) is 22.4 Å². The minimum absolute atomic E-state index is 0.0243. The van der Waals surface area contributed by atoms with Gasteiger partial charge in [0.25, 0.3) is 11.1 Å². The van der Waals surface area contributed by atoms with Gasteiger partial charge in [-0.2, -0.15) is 8.42 Å². The van der Waals surface area contributed by atoms with Crippen LogP contribution in [-0.4, -0.2) is 28.8 Å². The molecule has 0 bridgehead atoms. The standard InChI is InChI=1S/C21H19FN4O5S/c1-11-17(20(27)25-23-11)19(18-12(2)24-26-21(18)28)13-3-7-15(8-4-13)31-32(29,30)16-9-5-14(22)6-10-16/h3-10,19H,1-2H3,(H2,23,25,27)(H2,24,26,28). The normalized spacial score (nSPS) is 11.8. The summed E-state index contributed by atoms with van der Waals surface area (Å²) in [5, 5.41) is 10.6. The summed E-state index contributed by atoms with van der Waals surface area (Å²) in [6.45, 7) is 3.42. The summed E-state index contributed by atoms with van der Waals surface area (Å²) in [6, 6.07) is 10.3. The zero-order valence-corrected chi connectivity index (χ0v) is 17.8. The van der Waals surface area contributed by atoms with E-state index in [1.54, 1.807) is 26.0 Å². The lowest BCUT2D eigenvalue weighted by Crippen LogP contribution is -2.20. The fourth-order valence-electron chi connectivity index (χ4n) is 3.58. The largest absolute Gasteiger partial charge is 0.379 e. The molecule has 0 aliphatic heterocycles. The molecule has 0 saturated carbocycles. The first-order valence-electron chi connectivity index (χ1n) is 9.51. The number of halogens is 1. The Kier molecular flexibility index (Phi) is 5.35. The molecule has 0 amide bonds. The van der Waals surface area contributed by atoms with Crippen LogP contribution in [0.15, 0.2) is 63.0 Å². The summed E-state index contributed by atoms with van der Waals surface area (Å²) in [7, 11) is -4.16. The third-order valence-corrected chi connectivity index (χ3v) is 6.38. The summed E-state index contributed by atoms with van der Waals surface area (Å²) in [5.41, 5.74) is 1.71. The van der Waals surface area contributed by atoms with E-state index in [1.165, 1.54) is 12.1 Å². The van der Waals surface area contributed by atoms with E-state index in [-0.39, 0.29) is 21.8 Å². The minimum atomic E-state index is -4.16. The van der Waals surface area contributed by atoms with Crippen LogP contribution < -0.4 is 15.3 Å². The van der Waals surface area contributed by atoms with Crippen LogP contribution in [0.1, 0.15) is 34.0 Å². The second-order valence-corrected chi connectivity index (χ2v) is 8.78. The highest BCUT2D eigenvalue weighted by Crippen LogP contribution is 2.32. The molecule has 0 radical (unpaired) electrons. The van der Waals surface area contributed by atoms with Crippen molar-refractivity contribution in [2.75, 3.05) is 0 Å². The van der Waals surface area contributed by atoms with E-state index in [4.69, 9.17) is 4.18 Å². The maximum atomic E-state index is 13.1. The lowest BCUT2D eigenvalue weighted by atomic mass is 9.85. The van der Waals surface area contributed by atoms with E-state index in [1.807, 2.05) is 0 Å². The van der Waals surface area contributed by atoms with E-state index < -0.39 is 21.9 Å². The number of rotatable bonds is 6. The van der Waals surface area contributed by atoms with Crippen molar-refractivity contribution in [1.29, 1.82) is 0 Å². The second-order valence-electron chi connectivity index (χ2n) is 7.23. The number of hydrogen-bond donors (Lipinski definition) is 4. The monoisotopic (exact) mass is 458 g/mol. The number of nitrogens with one attached hydrogen (secondary N) is 4. The first kappa shape index (κ1) is 21.4. The Bertz CT molecular complexity index is 1420. The molecular formula is C21H19FN4O5S. The van der Waals surface area contributed by atoms with Gasteiger partial charge in [0.05, 0.1) is 11.1 Å². The van der Waals surface area contributed by atoms with Gasteiger partial charge in [0.1, 0.15) is 16.5 Å². The lowest BCUT2D eigenvalue weighted by Gasteiger charge is -2.16. The van der Waals surface area contributed by atoms with Crippen LogP contribution in [0.2, 0.25) is 0 Å². The van der Waals surface area contributed by atoms with Gasteiger partial charge in [0.15, 0.2) is 0 Å². The smallest absolute Gasteiger partial charge is 0.339 e. The molecule has 2 aromatic heterocycles. The SMILES string of the molecule is Cc1[nH][nH]c(=O)c1C(c1ccc(OS(=O)(=O)c2ccc(F)cc2)cc1)c1c(C)[nH][nH]c1=O. The Morgan fingerprint density at radius 2 is 1.28 bits per heavy atom. The molecule has 0 fully saturated rings. The maximum absolute atomic E-state index is 13.1. The third-order valence-electron chi connectivity index (χ3n) is 5.12. The molecule has 4 rings (SSSR count). The van der Waals surface area contributed by atoms with E-state index in [0.717, 1.165) is 24.3 Å². The Labute approximate surface area is 181 Å². The fraction of sp³-hybridized carbons (Fsp3) is 0.143. The molecule has 4 N–H and O–H groups in total. The molecule has 0 unspecified atom stereocenters. The minimum Gasteiger partial charge on any atom is -0.379 e. The van der Waals surface area contributed by atoms with Crippen LogP contribution in [0.5, 0.6) is 5.75 Å². The number of H-pyrrole nitrogens is 4. The van der Waals surface area contributed by atoms with Gasteiger partial charge < -0.3 is 14.4 Å². The predicted octanol–water partition coefficient (Wildman–Crippen LogP) is 2.42. The third kappa shape index (κ3) is 3.89. The quantitative estimate of drug-likeness (QED) is 0.329. The molecular weight excluding hydrogens is 439 g/mol. The Morgan fingerprint density at radius 3 is 1.72 bits per heavy atom. The average molecular weight is 458 g/mol. The molecule has 2 heterocycles. The van der Waals surface area contributed by atoms with Crippen molar-refractivity contribution in [2.45, 2.75) is 24.7 Å². The molecule has 32 heavy (non-hydrogen) atoms. The number of benzene rings is 2. The highest BCUT2D eigenvalue weighted by Gasteiger charge is 2.28. The van der Waals surface area contributed by atoms with Crippen LogP contribution in [0.4, 0.5) is 4.39 Å². The second kappa shape index (κ2) is 8.00. The molecule has 0 saturated heterocycles. The summed E-state index contributed by atoms with van der Waals surface area (Å²) in [6.07, 6.45) is 0. The van der Waals surface area contributed by atoms with Gasteiger partial charge >= 0.3 is 10.1 Å². The Balaban J connectivity index is 1.73. The van der Waals surface area contributed by atoms with Gasteiger partial charge in [0.2, 0.25) is 0 Å². The molecule has 0 atom stereocenters. The van der Waals surface area contributed by atoms with Crippen LogP contribution in [-0.2, 0) is 10.1 Å². The van der Waals surface area contributed by atoms with Crippen molar-refractivity contribution in [2.24, 2.45) is 0 Å². The van der Waals surface area contributed by atoms with Crippen molar-refractivity contribution >= 4 is 10.1 Å². The van der Waals surface area contributed by atoms with E-state index in [2.05, 4.69) is 20.4 Å². The average Bonchev–Trinajstić information content (AvgIpc) is 3.26. The first-order valence-corrected chi connectivity index (χ1v) is 10.9. The predicted molar refractivity (Wildman–Crippen MR) is 114 cm³/mol. The van der Waals surface area contributed by atoms with Gasteiger partial charge in [-0.3, -0.25) is 19.8 Å². The van der Waals surface area contributed by atoms with Crippen molar-refractivity contribution in [3.05, 3.63) is 103 Å². The molecule has 9 nitrogen and oxygen atoms in total. The van der Waals surface area contributed by atoms with Crippen molar-refractivity contribution in [3.63, 3.8) is 0 Å². The number of aryl methyl sites for hydroxylation is 2. The van der Waals surface area contributed by atoms with Crippen molar-refractivity contribution in [3.8, 4) is 5.75 Å². The van der Waals surface area contributed by atoms with Gasteiger partial charge in [-0.15, -0.1) is 0 Å². The number of aromatic amines is 4. The molecule has 0 spiro atoms. The summed E-state index contributed by atoms with van der Waals surface area (Å²) >= 11 is 0. The zero-order valence-electron chi connectivity index (χ0n) is 17.0. The summed E-state index contributed by atoms with van der Waals surface area (Å²) < 4.78 is 43.1. The lowest BCUT2D eigenvalue weighted by molar-refractivity contribution is 0.485. The highest BCUT2D eigenvalue weighted by molar-refractivity contribution is 7.87. The maximum Gasteiger partial charge on any atom is 0.339 e. The fourth-order valence-corrected chi connectivity index (χ4v) is 4.51. The van der Waals surface area contributed by atoms with E-state index >= 15 is 0 Å². The van der Waals surface area contributed by atoms with Crippen LogP contribution in [0, 0.1) is 19.7 Å². The molecule has 2 aromatic carbocycles. The van der Waals surface area contributed by atoms with Crippen LogP contribution in [0.3, 0.4) is 0 Å².